The summed E-state index contributed by atoms with van der Waals surface area (Å²) in [5.74, 6) is 0. The first kappa shape index (κ1) is 15.3. The number of hydrogen-bond acceptors (Lipinski definition) is 2. The summed E-state index contributed by atoms with van der Waals surface area (Å²) >= 11 is 0. The molecule has 2 atom stereocenters. The normalized spacial score (nSPS) is 32.8. The Kier molecular flexibility index (Phi) is 5.30. The molecule has 0 aromatic heterocycles. The fraction of sp³-hybridized carbons (Fsp3) is 1.00. The first-order valence-corrected chi connectivity index (χ1v) is 8.47. The maximum atomic E-state index is 3.76. The van der Waals surface area contributed by atoms with Crippen molar-refractivity contribution in [2.75, 3.05) is 13.1 Å². The van der Waals surface area contributed by atoms with Gasteiger partial charge in [-0.15, -0.1) is 0 Å². The van der Waals surface area contributed by atoms with Gasteiger partial charge in [-0.1, -0.05) is 52.9 Å². The van der Waals surface area contributed by atoms with Gasteiger partial charge in [-0.05, 0) is 25.2 Å². The predicted molar refractivity (Wildman–Crippen MR) is 83.5 cm³/mol. The van der Waals surface area contributed by atoms with Gasteiger partial charge in [-0.25, -0.2) is 0 Å². The van der Waals surface area contributed by atoms with Crippen LogP contribution in [-0.4, -0.2) is 36.1 Å². The maximum absolute atomic E-state index is 3.76. The third kappa shape index (κ3) is 4.19. The molecule has 0 bridgehead atoms. The smallest absolute Gasteiger partial charge is 0.0244 e. The van der Waals surface area contributed by atoms with E-state index in [-0.39, 0.29) is 0 Å². The van der Waals surface area contributed by atoms with Crippen molar-refractivity contribution in [3.05, 3.63) is 0 Å². The van der Waals surface area contributed by atoms with Gasteiger partial charge < -0.3 is 5.32 Å². The molecule has 0 amide bonds. The summed E-state index contributed by atoms with van der Waals surface area (Å²) in [6, 6.07) is 2.21. The Bertz CT molecular complexity index is 261. The van der Waals surface area contributed by atoms with E-state index in [9.17, 15) is 0 Å². The minimum Gasteiger partial charge on any atom is -0.311 e. The molecule has 2 aliphatic rings. The maximum Gasteiger partial charge on any atom is 0.0244 e. The summed E-state index contributed by atoms with van der Waals surface area (Å²) in [4.78, 5) is 2.83. The second-order valence-electron chi connectivity index (χ2n) is 7.87. The van der Waals surface area contributed by atoms with Gasteiger partial charge in [0.15, 0.2) is 0 Å². The van der Waals surface area contributed by atoms with Gasteiger partial charge in [0.2, 0.25) is 0 Å². The van der Waals surface area contributed by atoms with Crippen molar-refractivity contribution in [1.29, 1.82) is 0 Å². The van der Waals surface area contributed by atoms with Crippen LogP contribution in [0, 0.1) is 5.41 Å². The Morgan fingerprint density at radius 2 is 1.53 bits per heavy atom. The highest BCUT2D eigenvalue weighted by Crippen LogP contribution is 2.28. The molecule has 2 rings (SSSR count). The molecule has 19 heavy (non-hydrogen) atoms. The minimum absolute atomic E-state index is 0.375. The van der Waals surface area contributed by atoms with Crippen molar-refractivity contribution in [2.45, 2.75) is 90.8 Å². The molecule has 1 saturated carbocycles. The highest BCUT2D eigenvalue weighted by atomic mass is 15.3. The van der Waals surface area contributed by atoms with E-state index in [1.165, 1.54) is 58.0 Å². The van der Waals surface area contributed by atoms with E-state index in [1.807, 2.05) is 0 Å². The van der Waals surface area contributed by atoms with E-state index in [4.69, 9.17) is 0 Å². The summed E-state index contributed by atoms with van der Waals surface area (Å²) in [7, 11) is 0. The quantitative estimate of drug-likeness (QED) is 0.776. The summed E-state index contributed by atoms with van der Waals surface area (Å²) in [6.07, 6.45) is 10.1. The van der Waals surface area contributed by atoms with Crippen LogP contribution in [0.1, 0.15) is 72.6 Å². The Labute approximate surface area is 120 Å². The standard InChI is InChI=1S/C17H34N2/c1-14-12-18-16(17(2,3)4)13-19(14)15-10-8-6-5-7-9-11-15/h14-16,18H,5-13H2,1-4H3. The van der Waals surface area contributed by atoms with Crippen LogP contribution in [0.3, 0.4) is 0 Å². The minimum atomic E-state index is 0.375. The molecule has 2 heteroatoms. The fourth-order valence-corrected chi connectivity index (χ4v) is 3.74. The predicted octanol–water partition coefficient (Wildman–Crippen LogP) is 3.81. The molecule has 0 aromatic rings. The molecule has 2 fully saturated rings. The molecule has 1 saturated heterocycles. The Morgan fingerprint density at radius 1 is 0.947 bits per heavy atom. The van der Waals surface area contributed by atoms with Crippen molar-refractivity contribution in [2.24, 2.45) is 5.41 Å². The number of rotatable bonds is 1. The lowest BCUT2D eigenvalue weighted by molar-refractivity contribution is 0.0465. The van der Waals surface area contributed by atoms with Crippen LogP contribution in [0.2, 0.25) is 0 Å². The molecule has 1 N–H and O–H groups in total. The number of nitrogens with one attached hydrogen (secondary N) is 1. The van der Waals surface area contributed by atoms with E-state index in [2.05, 4.69) is 37.9 Å². The molecule has 0 aromatic carbocycles. The van der Waals surface area contributed by atoms with Crippen LogP contribution in [-0.2, 0) is 0 Å². The van der Waals surface area contributed by atoms with Gasteiger partial charge in [-0.2, -0.15) is 0 Å². The van der Waals surface area contributed by atoms with Crippen LogP contribution in [0.15, 0.2) is 0 Å². The summed E-state index contributed by atoms with van der Waals surface area (Å²) in [6.45, 7) is 11.9. The third-order valence-electron chi connectivity index (χ3n) is 5.21. The van der Waals surface area contributed by atoms with Gasteiger partial charge in [0.25, 0.3) is 0 Å². The van der Waals surface area contributed by atoms with Crippen molar-refractivity contribution in [3.63, 3.8) is 0 Å². The zero-order valence-corrected chi connectivity index (χ0v) is 13.5. The van der Waals surface area contributed by atoms with E-state index >= 15 is 0 Å². The molecule has 1 aliphatic heterocycles. The molecule has 1 aliphatic carbocycles. The molecule has 1 heterocycles. The van der Waals surface area contributed by atoms with Crippen molar-refractivity contribution in [3.8, 4) is 0 Å². The van der Waals surface area contributed by atoms with Crippen LogP contribution >= 0.6 is 0 Å². The van der Waals surface area contributed by atoms with Crippen LogP contribution in [0.25, 0.3) is 0 Å². The summed E-state index contributed by atoms with van der Waals surface area (Å²) in [5.41, 5.74) is 0.375. The van der Waals surface area contributed by atoms with Crippen LogP contribution in [0.5, 0.6) is 0 Å². The molecule has 0 radical (unpaired) electrons. The van der Waals surface area contributed by atoms with E-state index in [0.29, 0.717) is 17.5 Å². The Morgan fingerprint density at radius 3 is 2.11 bits per heavy atom. The van der Waals surface area contributed by atoms with Crippen molar-refractivity contribution < 1.29 is 0 Å². The average molecular weight is 266 g/mol. The zero-order valence-electron chi connectivity index (χ0n) is 13.5. The third-order valence-corrected chi connectivity index (χ3v) is 5.21. The molecule has 2 nitrogen and oxygen atoms in total. The molecular weight excluding hydrogens is 232 g/mol. The molecule has 0 spiro atoms. The monoisotopic (exact) mass is 266 g/mol. The average Bonchev–Trinajstić information content (AvgIpc) is 2.28. The first-order valence-electron chi connectivity index (χ1n) is 8.47. The fourth-order valence-electron chi connectivity index (χ4n) is 3.74. The summed E-state index contributed by atoms with van der Waals surface area (Å²) in [5, 5.41) is 3.76. The SMILES string of the molecule is CC1CNC(C(C)(C)C)CN1C1CCCCCCC1. The largest absolute Gasteiger partial charge is 0.311 e. The van der Waals surface area contributed by atoms with Gasteiger partial charge in [0.1, 0.15) is 0 Å². The van der Waals surface area contributed by atoms with Crippen LogP contribution in [0.4, 0.5) is 0 Å². The highest BCUT2D eigenvalue weighted by Gasteiger charge is 2.35. The molecule has 112 valence electrons. The lowest BCUT2D eigenvalue weighted by Crippen LogP contribution is -2.61. The number of piperazine rings is 1. The van der Waals surface area contributed by atoms with Gasteiger partial charge in [-0.3, -0.25) is 4.90 Å². The van der Waals surface area contributed by atoms with Gasteiger partial charge in [0, 0.05) is 31.2 Å². The van der Waals surface area contributed by atoms with Crippen molar-refractivity contribution in [1.82, 2.24) is 10.2 Å². The second kappa shape index (κ2) is 6.58. The number of nitrogens with zero attached hydrogens (tertiary/aromatic N) is 1. The second-order valence-corrected chi connectivity index (χ2v) is 7.87. The molecule has 2 unspecified atom stereocenters. The molecular formula is C17H34N2. The number of hydrogen-bond donors (Lipinski definition) is 1. The van der Waals surface area contributed by atoms with Gasteiger partial charge in [0.05, 0.1) is 0 Å². The van der Waals surface area contributed by atoms with E-state index in [0.717, 1.165) is 6.04 Å². The topological polar surface area (TPSA) is 15.3 Å². The Balaban J connectivity index is 1.98. The van der Waals surface area contributed by atoms with Crippen LogP contribution < -0.4 is 5.32 Å². The van der Waals surface area contributed by atoms with E-state index < -0.39 is 0 Å². The highest BCUT2D eigenvalue weighted by molar-refractivity contribution is 4.93. The zero-order chi connectivity index (χ0) is 13.9. The van der Waals surface area contributed by atoms with E-state index in [1.54, 1.807) is 0 Å². The first-order chi connectivity index (χ1) is 8.98. The van der Waals surface area contributed by atoms with Gasteiger partial charge >= 0.3 is 0 Å². The lowest BCUT2D eigenvalue weighted by Gasteiger charge is -2.47. The summed E-state index contributed by atoms with van der Waals surface area (Å²) < 4.78 is 0. The lowest BCUT2D eigenvalue weighted by atomic mass is 9.83. The Hall–Kier alpha value is -0.0800. The van der Waals surface area contributed by atoms with Crippen molar-refractivity contribution >= 4 is 0 Å².